The highest BCUT2D eigenvalue weighted by Crippen LogP contribution is 2.35. The van der Waals surface area contributed by atoms with Crippen molar-refractivity contribution in [3.8, 4) is 5.75 Å². The second kappa shape index (κ2) is 9.04. The van der Waals surface area contributed by atoms with Crippen LogP contribution in [0.25, 0.3) is 0 Å². The monoisotopic (exact) mass is 334 g/mol. The van der Waals surface area contributed by atoms with Crippen molar-refractivity contribution in [2.75, 3.05) is 19.7 Å². The van der Waals surface area contributed by atoms with Gasteiger partial charge in [0.15, 0.2) is 6.61 Å². The highest BCUT2D eigenvalue weighted by atomic mass is 16.5. The molecule has 134 valence electrons. The lowest BCUT2D eigenvalue weighted by Gasteiger charge is -2.38. The Bertz CT molecular complexity index is 518. The van der Waals surface area contributed by atoms with E-state index in [2.05, 4.69) is 17.6 Å². The number of hydrogen-bond acceptors (Lipinski definition) is 4. The minimum absolute atomic E-state index is 0.0199. The Kier molecular flexibility index (Phi) is 7.06. The predicted molar refractivity (Wildman–Crippen MR) is 94.9 cm³/mol. The number of rotatable bonds is 8. The Labute approximate surface area is 144 Å². The molecule has 5 heteroatoms. The molecule has 1 fully saturated rings. The van der Waals surface area contributed by atoms with Crippen molar-refractivity contribution in [3.05, 3.63) is 29.8 Å². The van der Waals surface area contributed by atoms with Crippen LogP contribution in [0.3, 0.4) is 0 Å². The molecule has 1 aromatic rings. The number of nitrogens with one attached hydrogen (secondary N) is 2. The van der Waals surface area contributed by atoms with Crippen molar-refractivity contribution in [3.63, 3.8) is 0 Å². The van der Waals surface area contributed by atoms with Gasteiger partial charge in [0.25, 0.3) is 5.91 Å². The van der Waals surface area contributed by atoms with Crippen LogP contribution in [0.1, 0.15) is 45.1 Å². The first-order valence-corrected chi connectivity index (χ1v) is 8.91. The SMILES string of the molecule is CCNC(=O)COc1ccc(CNCC2(C)CCCCC2O)cc1. The second-order valence-electron chi connectivity index (χ2n) is 6.91. The molecule has 0 spiro atoms. The van der Waals surface area contributed by atoms with Gasteiger partial charge in [0.1, 0.15) is 5.75 Å². The summed E-state index contributed by atoms with van der Waals surface area (Å²) in [5.74, 6) is 0.585. The lowest BCUT2D eigenvalue weighted by Crippen LogP contribution is -2.43. The molecule has 24 heavy (non-hydrogen) atoms. The van der Waals surface area contributed by atoms with Crippen LogP contribution in [-0.2, 0) is 11.3 Å². The van der Waals surface area contributed by atoms with Crippen molar-refractivity contribution in [2.45, 2.75) is 52.2 Å². The first-order valence-electron chi connectivity index (χ1n) is 8.91. The van der Waals surface area contributed by atoms with Crippen molar-refractivity contribution < 1.29 is 14.6 Å². The molecule has 1 amide bonds. The molecule has 0 aromatic heterocycles. The minimum atomic E-state index is -0.205. The summed E-state index contributed by atoms with van der Waals surface area (Å²) < 4.78 is 5.44. The smallest absolute Gasteiger partial charge is 0.257 e. The summed E-state index contributed by atoms with van der Waals surface area (Å²) in [6, 6.07) is 7.76. The van der Waals surface area contributed by atoms with Crippen LogP contribution >= 0.6 is 0 Å². The third-order valence-corrected chi connectivity index (χ3v) is 4.81. The van der Waals surface area contributed by atoms with Crippen LogP contribution in [0.2, 0.25) is 0 Å². The van der Waals surface area contributed by atoms with E-state index in [1.165, 1.54) is 6.42 Å². The maximum atomic E-state index is 11.4. The van der Waals surface area contributed by atoms with Crippen molar-refractivity contribution in [1.29, 1.82) is 0 Å². The summed E-state index contributed by atoms with van der Waals surface area (Å²) in [5.41, 5.74) is 1.14. The van der Waals surface area contributed by atoms with E-state index in [0.717, 1.165) is 37.9 Å². The van der Waals surface area contributed by atoms with Gasteiger partial charge in [-0.3, -0.25) is 4.79 Å². The van der Waals surface area contributed by atoms with E-state index in [1.54, 1.807) is 0 Å². The summed E-state index contributed by atoms with van der Waals surface area (Å²) in [4.78, 5) is 11.4. The van der Waals surface area contributed by atoms with Crippen molar-refractivity contribution in [1.82, 2.24) is 10.6 Å². The summed E-state index contributed by atoms with van der Waals surface area (Å²) in [6.45, 7) is 6.29. The Morgan fingerprint density at radius 2 is 2.08 bits per heavy atom. The van der Waals surface area contributed by atoms with Gasteiger partial charge in [-0.1, -0.05) is 31.9 Å². The molecule has 0 aliphatic heterocycles. The van der Waals surface area contributed by atoms with E-state index in [4.69, 9.17) is 4.74 Å². The van der Waals surface area contributed by atoms with Gasteiger partial charge >= 0.3 is 0 Å². The van der Waals surface area contributed by atoms with E-state index < -0.39 is 0 Å². The first-order chi connectivity index (χ1) is 11.5. The van der Waals surface area contributed by atoms with Crippen LogP contribution in [-0.4, -0.2) is 36.8 Å². The summed E-state index contributed by atoms with van der Waals surface area (Å²) in [7, 11) is 0. The maximum Gasteiger partial charge on any atom is 0.257 e. The minimum Gasteiger partial charge on any atom is -0.484 e. The van der Waals surface area contributed by atoms with Gasteiger partial charge in [-0.05, 0) is 37.5 Å². The Balaban J connectivity index is 1.74. The molecule has 0 radical (unpaired) electrons. The number of carbonyl (C=O) groups excluding carboxylic acids is 1. The van der Waals surface area contributed by atoms with E-state index >= 15 is 0 Å². The molecule has 1 aliphatic carbocycles. The molecular formula is C19H30N2O3. The zero-order valence-corrected chi connectivity index (χ0v) is 14.8. The molecule has 1 saturated carbocycles. The average Bonchev–Trinajstić information content (AvgIpc) is 2.57. The topological polar surface area (TPSA) is 70.6 Å². The van der Waals surface area contributed by atoms with Crippen LogP contribution in [0.4, 0.5) is 0 Å². The number of ether oxygens (including phenoxy) is 1. The fourth-order valence-corrected chi connectivity index (χ4v) is 3.18. The van der Waals surface area contributed by atoms with E-state index in [9.17, 15) is 9.90 Å². The second-order valence-corrected chi connectivity index (χ2v) is 6.91. The maximum absolute atomic E-state index is 11.4. The largest absolute Gasteiger partial charge is 0.484 e. The fraction of sp³-hybridized carbons (Fsp3) is 0.632. The molecule has 3 N–H and O–H groups in total. The number of carbonyl (C=O) groups is 1. The predicted octanol–water partition coefficient (Wildman–Crippen LogP) is 2.23. The molecule has 1 aromatic carbocycles. The average molecular weight is 334 g/mol. The molecule has 2 unspecified atom stereocenters. The van der Waals surface area contributed by atoms with Gasteiger partial charge in [-0.2, -0.15) is 0 Å². The zero-order valence-electron chi connectivity index (χ0n) is 14.8. The fourth-order valence-electron chi connectivity index (χ4n) is 3.18. The number of likely N-dealkylation sites (N-methyl/N-ethyl adjacent to an activating group) is 1. The molecule has 2 rings (SSSR count). The molecule has 0 heterocycles. The van der Waals surface area contributed by atoms with E-state index in [-0.39, 0.29) is 24.0 Å². The number of aliphatic hydroxyl groups excluding tert-OH is 1. The normalized spacial score (nSPS) is 23.7. The van der Waals surface area contributed by atoms with Gasteiger partial charge < -0.3 is 20.5 Å². The highest BCUT2D eigenvalue weighted by Gasteiger charge is 2.34. The lowest BCUT2D eigenvalue weighted by atomic mass is 9.73. The van der Waals surface area contributed by atoms with E-state index in [0.29, 0.717) is 12.3 Å². The van der Waals surface area contributed by atoms with E-state index in [1.807, 2.05) is 31.2 Å². The molecule has 2 atom stereocenters. The number of hydrogen-bond donors (Lipinski definition) is 3. The van der Waals surface area contributed by atoms with Crippen LogP contribution in [0.15, 0.2) is 24.3 Å². The van der Waals surface area contributed by atoms with Crippen LogP contribution in [0.5, 0.6) is 5.75 Å². The standard InChI is InChI=1S/C19H30N2O3/c1-3-21-18(23)13-24-16-9-7-15(8-10-16)12-20-14-19(2)11-5-4-6-17(19)22/h7-10,17,20,22H,3-6,11-14H2,1-2H3,(H,21,23). The molecule has 5 nitrogen and oxygen atoms in total. The van der Waals surface area contributed by atoms with Gasteiger partial charge in [0.05, 0.1) is 6.10 Å². The van der Waals surface area contributed by atoms with Crippen molar-refractivity contribution >= 4 is 5.91 Å². The summed E-state index contributed by atoms with van der Waals surface area (Å²) in [5, 5.41) is 16.4. The Hall–Kier alpha value is -1.59. The molecule has 0 saturated heterocycles. The zero-order chi connectivity index (χ0) is 17.4. The number of amides is 1. The molecular weight excluding hydrogens is 304 g/mol. The summed E-state index contributed by atoms with van der Waals surface area (Å²) >= 11 is 0. The molecule has 1 aliphatic rings. The van der Waals surface area contributed by atoms with Crippen LogP contribution in [0, 0.1) is 5.41 Å². The van der Waals surface area contributed by atoms with Crippen molar-refractivity contribution in [2.24, 2.45) is 5.41 Å². The quantitative estimate of drug-likeness (QED) is 0.682. The van der Waals surface area contributed by atoms with Gasteiger partial charge in [0, 0.05) is 25.0 Å². The van der Waals surface area contributed by atoms with Gasteiger partial charge in [0.2, 0.25) is 0 Å². The Morgan fingerprint density at radius 3 is 2.75 bits per heavy atom. The van der Waals surface area contributed by atoms with Crippen LogP contribution < -0.4 is 15.4 Å². The Morgan fingerprint density at radius 1 is 1.33 bits per heavy atom. The number of aliphatic hydroxyl groups is 1. The third-order valence-electron chi connectivity index (χ3n) is 4.81. The highest BCUT2D eigenvalue weighted by molar-refractivity contribution is 5.77. The number of benzene rings is 1. The molecule has 0 bridgehead atoms. The first kappa shape index (κ1) is 18.7. The lowest BCUT2D eigenvalue weighted by molar-refractivity contribution is -0.122. The summed E-state index contributed by atoms with van der Waals surface area (Å²) in [6.07, 6.45) is 4.12. The van der Waals surface area contributed by atoms with Gasteiger partial charge in [-0.25, -0.2) is 0 Å². The van der Waals surface area contributed by atoms with Gasteiger partial charge in [-0.15, -0.1) is 0 Å². The third kappa shape index (κ3) is 5.49.